The number of likely N-dealkylation sites (tertiary alicyclic amines) is 1. The maximum Gasteiger partial charge on any atom is 0.232 e. The average molecular weight is 282 g/mol. The highest BCUT2D eigenvalue weighted by atomic mass is 16.2. The second-order valence-corrected chi connectivity index (χ2v) is 5.50. The molecule has 1 atom stereocenters. The molecule has 5 heteroatoms. The van der Waals surface area contributed by atoms with Gasteiger partial charge >= 0.3 is 0 Å². The number of carbonyl (C=O) groups is 3. The molecule has 0 bridgehead atoms. The fraction of sp³-hybridized carbons (Fsp3) is 0.800. The lowest BCUT2D eigenvalue weighted by Crippen LogP contribution is -2.31. The van der Waals surface area contributed by atoms with E-state index in [4.69, 9.17) is 0 Å². The summed E-state index contributed by atoms with van der Waals surface area (Å²) < 4.78 is 0. The predicted molar refractivity (Wildman–Crippen MR) is 76.9 cm³/mol. The SMILES string of the molecule is CCCCNC(=O)CCCCCN1C(=O)C[C@@H](C)C1=O. The highest BCUT2D eigenvalue weighted by Gasteiger charge is 2.34. The highest BCUT2D eigenvalue weighted by Crippen LogP contribution is 2.19. The zero-order valence-electron chi connectivity index (χ0n) is 12.6. The Labute approximate surface area is 121 Å². The maximum absolute atomic E-state index is 11.7. The van der Waals surface area contributed by atoms with Gasteiger partial charge in [0.05, 0.1) is 0 Å². The second-order valence-electron chi connectivity index (χ2n) is 5.50. The van der Waals surface area contributed by atoms with Gasteiger partial charge in [-0.15, -0.1) is 0 Å². The van der Waals surface area contributed by atoms with Crippen LogP contribution in [0.2, 0.25) is 0 Å². The molecule has 0 aliphatic carbocycles. The summed E-state index contributed by atoms with van der Waals surface area (Å²) in [5.74, 6) is -0.167. The molecule has 1 rings (SSSR count). The van der Waals surface area contributed by atoms with Gasteiger partial charge in [-0.2, -0.15) is 0 Å². The molecule has 0 aromatic carbocycles. The molecule has 1 fully saturated rings. The van der Waals surface area contributed by atoms with Gasteiger partial charge in [0.15, 0.2) is 0 Å². The second kappa shape index (κ2) is 8.72. The molecule has 5 nitrogen and oxygen atoms in total. The van der Waals surface area contributed by atoms with Crippen molar-refractivity contribution in [2.75, 3.05) is 13.1 Å². The molecular weight excluding hydrogens is 256 g/mol. The third-order valence-electron chi connectivity index (χ3n) is 3.61. The van der Waals surface area contributed by atoms with Crippen LogP contribution in [0.5, 0.6) is 0 Å². The molecule has 1 heterocycles. The van der Waals surface area contributed by atoms with Gasteiger partial charge in [-0.05, 0) is 19.3 Å². The van der Waals surface area contributed by atoms with Gasteiger partial charge in [-0.1, -0.05) is 26.7 Å². The standard InChI is InChI=1S/C15H26N2O3/c1-3-4-9-16-13(18)8-6-5-7-10-17-14(19)11-12(2)15(17)20/h12H,3-11H2,1-2H3,(H,16,18)/t12-/m1/s1. The van der Waals surface area contributed by atoms with E-state index in [0.29, 0.717) is 19.4 Å². The molecule has 1 saturated heterocycles. The lowest BCUT2D eigenvalue weighted by atomic mass is 10.1. The van der Waals surface area contributed by atoms with Gasteiger partial charge < -0.3 is 5.32 Å². The van der Waals surface area contributed by atoms with E-state index in [2.05, 4.69) is 12.2 Å². The molecule has 0 radical (unpaired) electrons. The summed E-state index contributed by atoms with van der Waals surface area (Å²) in [6.07, 6.45) is 5.43. The van der Waals surface area contributed by atoms with Gasteiger partial charge in [-0.3, -0.25) is 19.3 Å². The maximum atomic E-state index is 11.7. The highest BCUT2D eigenvalue weighted by molar-refractivity contribution is 6.03. The molecule has 0 spiro atoms. The Morgan fingerprint density at radius 3 is 2.60 bits per heavy atom. The number of imide groups is 1. The zero-order valence-corrected chi connectivity index (χ0v) is 12.6. The van der Waals surface area contributed by atoms with Crippen molar-refractivity contribution in [3.63, 3.8) is 0 Å². The first kappa shape index (κ1) is 16.7. The van der Waals surface area contributed by atoms with Crippen molar-refractivity contribution in [1.29, 1.82) is 0 Å². The van der Waals surface area contributed by atoms with Crippen LogP contribution < -0.4 is 5.32 Å². The monoisotopic (exact) mass is 282 g/mol. The third kappa shape index (κ3) is 5.31. The fourth-order valence-corrected chi connectivity index (χ4v) is 2.31. The van der Waals surface area contributed by atoms with Crippen LogP contribution in [0.1, 0.15) is 58.8 Å². The molecule has 0 aromatic heterocycles. The Kier molecular flexibility index (Phi) is 7.26. The summed E-state index contributed by atoms with van der Waals surface area (Å²) in [7, 11) is 0. The normalized spacial score (nSPS) is 18.7. The molecule has 114 valence electrons. The van der Waals surface area contributed by atoms with E-state index in [1.807, 2.05) is 0 Å². The number of amides is 3. The van der Waals surface area contributed by atoms with E-state index in [1.54, 1.807) is 6.92 Å². The first-order valence-electron chi connectivity index (χ1n) is 7.67. The summed E-state index contributed by atoms with van der Waals surface area (Å²) in [6, 6.07) is 0. The van der Waals surface area contributed by atoms with Crippen LogP contribution in [0.3, 0.4) is 0 Å². The Hall–Kier alpha value is -1.39. The van der Waals surface area contributed by atoms with E-state index in [-0.39, 0.29) is 23.6 Å². The number of rotatable bonds is 9. The first-order valence-corrected chi connectivity index (χ1v) is 7.67. The Morgan fingerprint density at radius 1 is 1.25 bits per heavy atom. The molecule has 1 aliphatic rings. The number of unbranched alkanes of at least 4 members (excludes halogenated alkanes) is 3. The largest absolute Gasteiger partial charge is 0.356 e. The van der Waals surface area contributed by atoms with E-state index in [0.717, 1.165) is 38.6 Å². The third-order valence-corrected chi connectivity index (χ3v) is 3.61. The number of hydrogen-bond acceptors (Lipinski definition) is 3. The van der Waals surface area contributed by atoms with Crippen LogP contribution in [-0.2, 0) is 14.4 Å². The van der Waals surface area contributed by atoms with Crippen LogP contribution in [0.25, 0.3) is 0 Å². The van der Waals surface area contributed by atoms with Crippen LogP contribution >= 0.6 is 0 Å². The summed E-state index contributed by atoms with van der Waals surface area (Å²) in [6.45, 7) is 5.14. The molecule has 0 aromatic rings. The van der Waals surface area contributed by atoms with Crippen LogP contribution in [0, 0.1) is 5.92 Å². The van der Waals surface area contributed by atoms with Crippen LogP contribution in [-0.4, -0.2) is 35.7 Å². The Morgan fingerprint density at radius 2 is 2.00 bits per heavy atom. The quantitative estimate of drug-likeness (QED) is 0.518. The number of carbonyl (C=O) groups excluding carboxylic acids is 3. The van der Waals surface area contributed by atoms with Crippen molar-refractivity contribution < 1.29 is 14.4 Å². The van der Waals surface area contributed by atoms with Gasteiger partial charge in [0.1, 0.15) is 0 Å². The van der Waals surface area contributed by atoms with Crippen LogP contribution in [0.15, 0.2) is 0 Å². The van der Waals surface area contributed by atoms with Crippen molar-refractivity contribution >= 4 is 17.7 Å². The topological polar surface area (TPSA) is 66.5 Å². The zero-order chi connectivity index (χ0) is 15.0. The minimum absolute atomic E-state index is 0.0488. The average Bonchev–Trinajstić information content (AvgIpc) is 2.64. The van der Waals surface area contributed by atoms with E-state index >= 15 is 0 Å². The molecule has 0 saturated carbocycles. The summed E-state index contributed by atoms with van der Waals surface area (Å²) >= 11 is 0. The minimum Gasteiger partial charge on any atom is -0.356 e. The Bertz CT molecular complexity index is 355. The molecule has 1 N–H and O–H groups in total. The molecule has 20 heavy (non-hydrogen) atoms. The predicted octanol–water partition coefficient (Wildman–Crippen LogP) is 1.86. The van der Waals surface area contributed by atoms with Crippen LogP contribution in [0.4, 0.5) is 0 Å². The smallest absolute Gasteiger partial charge is 0.232 e. The van der Waals surface area contributed by atoms with E-state index in [1.165, 1.54) is 4.90 Å². The van der Waals surface area contributed by atoms with Crippen molar-refractivity contribution in [1.82, 2.24) is 10.2 Å². The van der Waals surface area contributed by atoms with Gasteiger partial charge in [0, 0.05) is 31.8 Å². The molecule has 3 amide bonds. The fourth-order valence-electron chi connectivity index (χ4n) is 2.31. The van der Waals surface area contributed by atoms with Crippen molar-refractivity contribution in [3.05, 3.63) is 0 Å². The van der Waals surface area contributed by atoms with Gasteiger partial charge in [0.25, 0.3) is 0 Å². The van der Waals surface area contributed by atoms with Gasteiger partial charge in [-0.25, -0.2) is 0 Å². The Balaban J connectivity index is 2.06. The van der Waals surface area contributed by atoms with Crippen molar-refractivity contribution in [3.8, 4) is 0 Å². The number of nitrogens with zero attached hydrogens (tertiary/aromatic N) is 1. The minimum atomic E-state index is -0.160. The van der Waals surface area contributed by atoms with Gasteiger partial charge in [0.2, 0.25) is 17.7 Å². The molecule has 0 unspecified atom stereocenters. The van der Waals surface area contributed by atoms with Crippen molar-refractivity contribution in [2.24, 2.45) is 5.92 Å². The molecule has 1 aliphatic heterocycles. The molecular formula is C15H26N2O3. The first-order chi connectivity index (χ1) is 9.56. The summed E-state index contributed by atoms with van der Waals surface area (Å²) in [5.41, 5.74) is 0. The summed E-state index contributed by atoms with van der Waals surface area (Å²) in [5, 5.41) is 2.88. The van der Waals surface area contributed by atoms with E-state index in [9.17, 15) is 14.4 Å². The lowest BCUT2D eigenvalue weighted by molar-refractivity contribution is -0.139. The number of nitrogens with one attached hydrogen (secondary N) is 1. The summed E-state index contributed by atoms with van der Waals surface area (Å²) in [4.78, 5) is 36.1. The number of hydrogen-bond donors (Lipinski definition) is 1. The van der Waals surface area contributed by atoms with E-state index < -0.39 is 0 Å². The van der Waals surface area contributed by atoms with Crippen molar-refractivity contribution in [2.45, 2.75) is 58.8 Å². The lowest BCUT2D eigenvalue weighted by Gasteiger charge is -2.13.